The van der Waals surface area contributed by atoms with Gasteiger partial charge in [-0.3, -0.25) is 33.8 Å². The number of amides is 5. The molecule has 20 nitrogen and oxygen atoms in total. The van der Waals surface area contributed by atoms with Crippen LogP contribution in [0.1, 0.15) is 151 Å². The summed E-state index contributed by atoms with van der Waals surface area (Å²) < 4.78 is 101. The Bertz CT molecular complexity index is 4460. The van der Waals surface area contributed by atoms with E-state index in [-0.39, 0.29) is 60.4 Å². The zero-order valence-electron chi connectivity index (χ0n) is 61.7. The van der Waals surface area contributed by atoms with Crippen LogP contribution in [0.5, 0.6) is 0 Å². The molecule has 4 aliphatic heterocycles. The third-order valence-electron chi connectivity index (χ3n) is 21.3. The number of benzene rings is 5. The molecule has 5 aromatic carbocycles. The van der Waals surface area contributed by atoms with E-state index in [1.165, 1.54) is 39.4 Å². The van der Waals surface area contributed by atoms with Crippen molar-refractivity contribution in [2.75, 3.05) is 81.4 Å². The van der Waals surface area contributed by atoms with Crippen molar-refractivity contribution in [3.63, 3.8) is 0 Å². The fraction of sp³-hybridized carbons (Fsp3) is 0.494. The Morgan fingerprint density at radius 3 is 2.20 bits per heavy atom. The highest BCUT2D eigenvalue weighted by Crippen LogP contribution is 2.44. The summed E-state index contributed by atoms with van der Waals surface area (Å²) in [6, 6.07) is 29.7. The first kappa shape index (κ1) is 80.6. The summed E-state index contributed by atoms with van der Waals surface area (Å²) in [5, 5.41) is 20.4. The number of β-amino-alcohol motifs (C(OH)–C–C–N with tert-alkyl or cyclic N) is 1. The van der Waals surface area contributed by atoms with E-state index >= 15 is 0 Å². The summed E-state index contributed by atoms with van der Waals surface area (Å²) in [5.41, 5.74) is 3.61. The Morgan fingerprint density at radius 1 is 0.804 bits per heavy atom. The molecule has 0 saturated carbocycles. The number of aliphatic hydroxyl groups excluding tert-OH is 1. The minimum absolute atomic E-state index is 0.0166. The molecule has 1 aliphatic carbocycles. The number of hydrogen-bond donors (Lipinski definition) is 5. The summed E-state index contributed by atoms with van der Waals surface area (Å²) >= 11 is 9.21. The summed E-state index contributed by atoms with van der Waals surface area (Å²) in [7, 11) is -11.1. The number of carbonyl (C=O) groups is 5. The number of aryl methyl sites for hydroxylation is 2. The van der Waals surface area contributed by atoms with Gasteiger partial charge in [-0.2, -0.15) is 13.2 Å². The Hall–Kier alpha value is -7.37. The highest BCUT2D eigenvalue weighted by Gasteiger charge is 2.49. The minimum atomic E-state index is -6.19. The molecule has 5 aliphatic rings. The van der Waals surface area contributed by atoms with Crippen LogP contribution in [0.2, 0.25) is 5.02 Å². The van der Waals surface area contributed by atoms with Crippen molar-refractivity contribution in [2.45, 2.75) is 182 Å². The van der Waals surface area contributed by atoms with E-state index in [0.717, 1.165) is 102 Å². The number of aliphatic hydroxyl groups is 1. The lowest BCUT2D eigenvalue weighted by molar-refractivity contribution is -0.144. The van der Waals surface area contributed by atoms with Gasteiger partial charge in [-0.25, -0.2) is 26.5 Å². The third-order valence-corrected chi connectivity index (χ3v) is 26.5. The molecule has 0 spiro atoms. The van der Waals surface area contributed by atoms with Gasteiger partial charge in [-0.1, -0.05) is 113 Å². The van der Waals surface area contributed by atoms with Crippen molar-refractivity contribution in [3.8, 4) is 10.4 Å². The SMILES string of the molecule is Cc1ncsc1-c1ccc([C@H](C)NC(=O)[C@@H]2C[C@@H](O)CN2C(=O)[C@@H](NC(=O)CCCCCC(=O)N2CCN(CC[C@H](CSc3ccccc3)Nc3ccc(S(=O)(=O)NC(=O)c4ccc5c(c4)CCC4CN(CC6=C(c7ccc(Cl)cc7)CCC(C)(C)C6)CCN54)cc3S(=O)(=O)C(F)(F)F)CC2)C(C)(C)C)cc1. The standard InChI is InChI=1S/C79H98ClF3N10O10S4/c1-51(53-18-20-55(21-19-53)72-52(2)84-50-105-72)85-75(98)68-43-62(94)48-93(68)76(99)73(77(3,4)5)87-70(95)16-12-9-13-17-71(96)91-39-36-89(37-40-91)35-33-60(49-104-63-14-10-8-11-15-63)86-66-30-29-64(44-69(66)106(100,101)79(81,82)83)107(102,103)88-74(97)57-25-31-67-56(42-57)24-28-61-47-90(38-41-92(61)67)46-58-45-78(6,7)34-32-65(58)54-22-26-59(80)27-23-54/h8,10-11,14-15,18-23,25-27,29-31,42,44,50-51,60-62,68,73,86,94H,9,12-13,16-17,24,28,32-41,43,45-49H2,1-7H3,(H,85,98)(H,87,95)(H,88,97)/t51-,60+,61?,62+,68-,73+/m0/s1. The van der Waals surface area contributed by atoms with Crippen LogP contribution in [0, 0.1) is 17.8 Å². The number of anilines is 2. The van der Waals surface area contributed by atoms with E-state index in [1.807, 2.05) is 106 Å². The second kappa shape index (κ2) is 34.3. The molecular weight excluding hydrogens is 1470 g/mol. The summed E-state index contributed by atoms with van der Waals surface area (Å²) in [4.78, 5) is 83.2. The molecule has 1 unspecified atom stereocenters. The van der Waals surface area contributed by atoms with Crippen molar-refractivity contribution >= 4 is 101 Å². The van der Waals surface area contributed by atoms with E-state index in [2.05, 4.69) is 61.6 Å². The number of halogens is 4. The lowest BCUT2D eigenvalue weighted by Crippen LogP contribution is -2.57. The van der Waals surface area contributed by atoms with E-state index in [0.29, 0.717) is 75.9 Å². The number of nitrogens with one attached hydrogen (secondary N) is 4. The number of piperazine rings is 2. The van der Waals surface area contributed by atoms with E-state index in [4.69, 9.17) is 11.6 Å². The number of hydrogen-bond acceptors (Lipinski definition) is 17. The predicted octanol–water partition coefficient (Wildman–Crippen LogP) is 12.7. The van der Waals surface area contributed by atoms with Gasteiger partial charge in [0.05, 0.1) is 38.8 Å². The van der Waals surface area contributed by atoms with Crippen LogP contribution < -0.4 is 25.6 Å². The highest BCUT2D eigenvalue weighted by molar-refractivity contribution is 7.99. The maximum atomic E-state index is 14.7. The molecule has 0 bridgehead atoms. The summed E-state index contributed by atoms with van der Waals surface area (Å²) in [6.07, 6.45) is 5.77. The van der Waals surface area contributed by atoms with Crippen molar-refractivity contribution < 1.29 is 59.1 Å². The maximum absolute atomic E-state index is 14.7. The number of rotatable bonds is 27. The first-order chi connectivity index (χ1) is 50.7. The Morgan fingerprint density at radius 2 is 1.50 bits per heavy atom. The van der Waals surface area contributed by atoms with Crippen LogP contribution in [0.15, 0.2) is 141 Å². The first-order valence-corrected chi connectivity index (χ1v) is 42.1. The molecule has 107 heavy (non-hydrogen) atoms. The van der Waals surface area contributed by atoms with E-state index in [1.54, 1.807) is 33.9 Å². The second-order valence-corrected chi connectivity index (χ2v) is 36.8. The van der Waals surface area contributed by atoms with E-state index < -0.39 is 94.3 Å². The molecule has 3 fully saturated rings. The number of allylic oxidation sites excluding steroid dienone is 1. The van der Waals surface area contributed by atoms with Crippen molar-refractivity contribution in [3.05, 3.63) is 159 Å². The number of likely N-dealkylation sites (tertiary alicyclic amines) is 1. The van der Waals surface area contributed by atoms with Crippen LogP contribution in [-0.4, -0.2) is 183 Å². The van der Waals surface area contributed by atoms with Crippen LogP contribution in [0.4, 0.5) is 24.5 Å². The number of fused-ring (bicyclic) bond motifs is 3. The van der Waals surface area contributed by atoms with Gasteiger partial charge >= 0.3 is 5.51 Å². The van der Waals surface area contributed by atoms with Crippen LogP contribution in [-0.2, 0) is 45.5 Å². The number of thioether (sulfide) groups is 1. The fourth-order valence-electron chi connectivity index (χ4n) is 15.2. The molecule has 0 radical (unpaired) electrons. The zero-order valence-corrected chi connectivity index (χ0v) is 65.7. The van der Waals surface area contributed by atoms with Gasteiger partial charge in [0.1, 0.15) is 17.0 Å². The molecule has 6 aromatic rings. The molecule has 3 saturated heterocycles. The van der Waals surface area contributed by atoms with Crippen LogP contribution in [0.25, 0.3) is 16.0 Å². The van der Waals surface area contributed by atoms with Gasteiger partial charge in [0.2, 0.25) is 23.6 Å². The number of thiazole rings is 1. The first-order valence-electron chi connectivity index (χ1n) is 36.8. The predicted molar refractivity (Wildman–Crippen MR) is 414 cm³/mol. The third kappa shape index (κ3) is 20.2. The molecule has 5 amide bonds. The minimum Gasteiger partial charge on any atom is -0.391 e. The molecule has 6 atom stereocenters. The normalized spacial score (nSPS) is 19.7. The monoisotopic (exact) mass is 1570 g/mol. The highest BCUT2D eigenvalue weighted by atomic mass is 35.5. The molecule has 11 rings (SSSR count). The average molecular weight is 1570 g/mol. The molecule has 1 aromatic heterocycles. The Balaban J connectivity index is 0.655. The van der Waals surface area contributed by atoms with E-state index in [9.17, 15) is 59.1 Å². The number of alkyl halides is 3. The largest absolute Gasteiger partial charge is 0.501 e. The summed E-state index contributed by atoms with van der Waals surface area (Å²) in [6.45, 7) is 19.3. The van der Waals surface area contributed by atoms with Gasteiger partial charge < -0.3 is 35.8 Å². The fourth-order valence-corrected chi connectivity index (χ4v) is 19.2. The van der Waals surface area contributed by atoms with Crippen molar-refractivity contribution in [1.29, 1.82) is 0 Å². The molecule has 5 heterocycles. The van der Waals surface area contributed by atoms with Crippen LogP contribution in [0.3, 0.4) is 0 Å². The van der Waals surface area contributed by atoms with Gasteiger partial charge in [0, 0.05) is 124 Å². The van der Waals surface area contributed by atoms with Crippen LogP contribution >= 0.6 is 34.7 Å². The zero-order chi connectivity index (χ0) is 76.8. The number of unbranched alkanes of at least 4 members (excludes halogenated alkanes) is 2. The topological polar surface area (TPSA) is 251 Å². The lowest BCUT2D eigenvalue weighted by atomic mass is 9.72. The number of sulfonamides is 1. The second-order valence-electron chi connectivity index (χ2n) is 30.9. The Kier molecular flexibility index (Phi) is 25.8. The smallest absolute Gasteiger partial charge is 0.391 e. The van der Waals surface area contributed by atoms with Gasteiger partial charge in [0.25, 0.3) is 25.8 Å². The lowest BCUT2D eigenvalue weighted by Gasteiger charge is -2.47. The summed E-state index contributed by atoms with van der Waals surface area (Å²) in [5.74, 6) is -2.06. The Labute approximate surface area is 640 Å². The van der Waals surface area contributed by atoms with Crippen molar-refractivity contribution in [2.24, 2.45) is 10.8 Å². The number of nitrogens with zero attached hydrogens (tertiary/aromatic N) is 6. The average Bonchev–Trinajstić information content (AvgIpc) is 1.12. The van der Waals surface area contributed by atoms with Gasteiger partial charge in [-0.05, 0) is 165 Å². The molecule has 576 valence electrons. The quantitative estimate of drug-likeness (QED) is 0.0237. The number of aromatic nitrogens is 1. The molecular formula is C79H98ClF3N10O10S4. The van der Waals surface area contributed by atoms with Crippen molar-refractivity contribution in [1.82, 2.24) is 39.9 Å². The number of sulfone groups is 1. The molecule has 5 N–H and O–H groups in total. The molecule has 28 heteroatoms. The number of carbonyl (C=O) groups excluding carboxylic acids is 5. The van der Waals surface area contributed by atoms with Gasteiger partial charge in [0.15, 0.2) is 0 Å². The van der Waals surface area contributed by atoms with Gasteiger partial charge in [-0.15, -0.1) is 23.1 Å². The maximum Gasteiger partial charge on any atom is 0.501 e.